The number of methoxy groups -OCH3 is 1. The summed E-state index contributed by atoms with van der Waals surface area (Å²) in [6.45, 7) is 0.208. The van der Waals surface area contributed by atoms with E-state index in [1.165, 1.54) is 6.07 Å². The first-order valence-electron chi connectivity index (χ1n) is 5.99. The average molecular weight is 416 g/mol. The van der Waals surface area contributed by atoms with Crippen LogP contribution >= 0.6 is 31.9 Å². The summed E-state index contributed by atoms with van der Waals surface area (Å²) in [5.41, 5.74) is 0.940. The molecule has 0 fully saturated rings. The van der Waals surface area contributed by atoms with Gasteiger partial charge in [-0.2, -0.15) is 0 Å². The molecule has 0 bridgehead atoms. The van der Waals surface area contributed by atoms with Gasteiger partial charge in [-0.3, -0.25) is 0 Å². The maximum atomic E-state index is 11.2. The van der Waals surface area contributed by atoms with Gasteiger partial charge in [0.05, 0.1) is 7.11 Å². The van der Waals surface area contributed by atoms with Crippen molar-refractivity contribution in [1.82, 2.24) is 0 Å². The minimum atomic E-state index is -1.03. The van der Waals surface area contributed by atoms with Crippen LogP contribution in [-0.2, 0) is 6.61 Å². The van der Waals surface area contributed by atoms with Crippen molar-refractivity contribution in [2.45, 2.75) is 6.61 Å². The summed E-state index contributed by atoms with van der Waals surface area (Å²) in [6, 6.07) is 10.4. The van der Waals surface area contributed by atoms with Crippen LogP contribution in [0, 0.1) is 0 Å². The third kappa shape index (κ3) is 3.98. The van der Waals surface area contributed by atoms with Gasteiger partial charge in [-0.25, -0.2) is 4.79 Å². The molecule has 0 aliphatic carbocycles. The van der Waals surface area contributed by atoms with E-state index in [0.717, 1.165) is 14.5 Å². The van der Waals surface area contributed by atoms with E-state index in [-0.39, 0.29) is 12.2 Å². The standard InChI is InChI=1S/C15H12Br2O4/c1-20-13-5-3-10(16)6-9(13)8-21-14-7-11(17)2-4-12(14)15(18)19/h2-7H,8H2,1H3,(H,18,19). The number of carboxylic acids is 1. The lowest BCUT2D eigenvalue weighted by atomic mass is 10.2. The van der Waals surface area contributed by atoms with Gasteiger partial charge in [-0.1, -0.05) is 31.9 Å². The first-order chi connectivity index (χ1) is 10.0. The van der Waals surface area contributed by atoms with Gasteiger partial charge in [0, 0.05) is 14.5 Å². The first kappa shape index (κ1) is 15.9. The fraction of sp³-hybridized carbons (Fsp3) is 0.133. The van der Waals surface area contributed by atoms with Gasteiger partial charge in [0.15, 0.2) is 0 Å². The SMILES string of the molecule is COc1ccc(Br)cc1COc1cc(Br)ccc1C(=O)O. The quantitative estimate of drug-likeness (QED) is 0.781. The number of benzene rings is 2. The van der Waals surface area contributed by atoms with Crippen LogP contribution in [0.5, 0.6) is 11.5 Å². The minimum absolute atomic E-state index is 0.118. The molecule has 1 N–H and O–H groups in total. The van der Waals surface area contributed by atoms with Crippen LogP contribution in [0.15, 0.2) is 45.3 Å². The molecule has 0 saturated heterocycles. The maximum Gasteiger partial charge on any atom is 0.339 e. The Morgan fingerprint density at radius 3 is 2.43 bits per heavy atom. The molecule has 0 heterocycles. The number of carbonyl (C=O) groups is 1. The largest absolute Gasteiger partial charge is 0.496 e. The Morgan fingerprint density at radius 2 is 1.76 bits per heavy atom. The molecule has 2 aromatic rings. The smallest absolute Gasteiger partial charge is 0.339 e. The lowest BCUT2D eigenvalue weighted by molar-refractivity contribution is 0.0691. The third-order valence-corrected chi connectivity index (χ3v) is 3.79. The summed E-state index contributed by atoms with van der Waals surface area (Å²) < 4.78 is 12.6. The number of aromatic carboxylic acids is 1. The van der Waals surface area contributed by atoms with E-state index in [1.54, 1.807) is 19.2 Å². The van der Waals surface area contributed by atoms with Crippen LogP contribution in [0.4, 0.5) is 0 Å². The predicted octanol–water partition coefficient (Wildman–Crippen LogP) is 4.50. The van der Waals surface area contributed by atoms with Crippen molar-refractivity contribution in [3.8, 4) is 11.5 Å². The van der Waals surface area contributed by atoms with E-state index in [1.807, 2.05) is 18.2 Å². The van der Waals surface area contributed by atoms with Crippen molar-refractivity contribution in [3.63, 3.8) is 0 Å². The summed E-state index contributed by atoms with van der Waals surface area (Å²) in [6.07, 6.45) is 0. The normalized spacial score (nSPS) is 10.2. The Hall–Kier alpha value is -1.53. The van der Waals surface area contributed by atoms with Gasteiger partial charge in [-0.05, 0) is 36.4 Å². The van der Waals surface area contributed by atoms with Gasteiger partial charge in [-0.15, -0.1) is 0 Å². The molecule has 0 aromatic heterocycles. The van der Waals surface area contributed by atoms with Crippen molar-refractivity contribution >= 4 is 37.8 Å². The monoisotopic (exact) mass is 414 g/mol. The predicted molar refractivity (Wildman–Crippen MR) is 86.1 cm³/mol. The Bertz CT molecular complexity index is 671. The Balaban J connectivity index is 2.26. The highest BCUT2D eigenvalue weighted by atomic mass is 79.9. The van der Waals surface area contributed by atoms with Gasteiger partial charge in [0.1, 0.15) is 23.7 Å². The third-order valence-electron chi connectivity index (χ3n) is 2.80. The number of hydrogen-bond donors (Lipinski definition) is 1. The van der Waals surface area contributed by atoms with Crippen LogP contribution in [-0.4, -0.2) is 18.2 Å². The highest BCUT2D eigenvalue weighted by Crippen LogP contribution is 2.28. The van der Waals surface area contributed by atoms with Crippen molar-refractivity contribution in [2.75, 3.05) is 7.11 Å². The van der Waals surface area contributed by atoms with E-state index >= 15 is 0 Å². The van der Waals surface area contributed by atoms with Crippen LogP contribution < -0.4 is 9.47 Å². The lowest BCUT2D eigenvalue weighted by Crippen LogP contribution is -2.04. The zero-order valence-electron chi connectivity index (χ0n) is 11.1. The molecule has 2 rings (SSSR count). The Labute approximate surface area is 139 Å². The second kappa shape index (κ2) is 6.95. The molecule has 0 unspecified atom stereocenters. The van der Waals surface area contributed by atoms with Crippen LogP contribution in [0.2, 0.25) is 0 Å². The van der Waals surface area contributed by atoms with Crippen molar-refractivity contribution in [2.24, 2.45) is 0 Å². The summed E-state index contributed by atoms with van der Waals surface area (Å²) in [5.74, 6) is -0.0392. The number of halogens is 2. The van der Waals surface area contributed by atoms with Crippen LogP contribution in [0.1, 0.15) is 15.9 Å². The topological polar surface area (TPSA) is 55.8 Å². The van der Waals surface area contributed by atoms with Crippen molar-refractivity contribution < 1.29 is 19.4 Å². The average Bonchev–Trinajstić information content (AvgIpc) is 2.45. The molecule has 21 heavy (non-hydrogen) atoms. The van der Waals surface area contributed by atoms with Crippen LogP contribution in [0.3, 0.4) is 0 Å². The van der Waals surface area contributed by atoms with Gasteiger partial charge >= 0.3 is 5.97 Å². The van der Waals surface area contributed by atoms with Gasteiger partial charge in [0.2, 0.25) is 0 Å². The summed E-state index contributed by atoms with van der Waals surface area (Å²) in [5, 5.41) is 9.17. The second-order valence-corrected chi connectivity index (χ2v) is 6.02. The molecule has 2 aromatic carbocycles. The molecule has 110 valence electrons. The molecule has 0 saturated carbocycles. The molecule has 0 aliphatic heterocycles. The summed E-state index contributed by atoms with van der Waals surface area (Å²) in [4.78, 5) is 11.2. The second-order valence-electron chi connectivity index (χ2n) is 4.19. The number of ether oxygens (including phenoxy) is 2. The zero-order chi connectivity index (χ0) is 15.4. The van der Waals surface area contributed by atoms with E-state index in [9.17, 15) is 9.90 Å². The number of rotatable bonds is 5. The summed E-state index contributed by atoms with van der Waals surface area (Å²) in [7, 11) is 1.58. The fourth-order valence-electron chi connectivity index (χ4n) is 1.81. The zero-order valence-corrected chi connectivity index (χ0v) is 14.3. The molecule has 0 amide bonds. The number of carboxylic acid groups (broad SMARTS) is 1. The minimum Gasteiger partial charge on any atom is -0.496 e. The van der Waals surface area contributed by atoms with E-state index in [0.29, 0.717) is 11.5 Å². The molecule has 0 aliphatic rings. The van der Waals surface area contributed by atoms with Crippen molar-refractivity contribution in [3.05, 3.63) is 56.5 Å². The Kier molecular flexibility index (Phi) is 5.25. The van der Waals surface area contributed by atoms with Crippen LogP contribution in [0.25, 0.3) is 0 Å². The fourth-order valence-corrected chi connectivity index (χ4v) is 2.56. The van der Waals surface area contributed by atoms with E-state index in [2.05, 4.69) is 31.9 Å². The number of hydrogen-bond acceptors (Lipinski definition) is 3. The molecular weight excluding hydrogens is 404 g/mol. The highest BCUT2D eigenvalue weighted by molar-refractivity contribution is 9.10. The Morgan fingerprint density at radius 1 is 1.10 bits per heavy atom. The van der Waals surface area contributed by atoms with E-state index < -0.39 is 5.97 Å². The van der Waals surface area contributed by atoms with Gasteiger partial charge in [0.25, 0.3) is 0 Å². The van der Waals surface area contributed by atoms with Crippen molar-refractivity contribution in [1.29, 1.82) is 0 Å². The first-order valence-corrected chi connectivity index (χ1v) is 7.58. The molecule has 6 heteroatoms. The molecule has 0 spiro atoms. The molecule has 4 nitrogen and oxygen atoms in total. The maximum absolute atomic E-state index is 11.2. The highest BCUT2D eigenvalue weighted by Gasteiger charge is 2.13. The lowest BCUT2D eigenvalue weighted by Gasteiger charge is -2.12. The molecule has 0 radical (unpaired) electrons. The van der Waals surface area contributed by atoms with E-state index in [4.69, 9.17) is 9.47 Å². The van der Waals surface area contributed by atoms with Gasteiger partial charge < -0.3 is 14.6 Å². The molecular formula is C15H12Br2O4. The summed E-state index contributed by atoms with van der Waals surface area (Å²) >= 11 is 6.69. The molecule has 0 atom stereocenters.